The van der Waals surface area contributed by atoms with Crippen molar-refractivity contribution < 1.29 is 96.5 Å². The summed E-state index contributed by atoms with van der Waals surface area (Å²) in [5.74, 6) is -3.66. The van der Waals surface area contributed by atoms with E-state index in [2.05, 4.69) is 13.8 Å². The van der Waals surface area contributed by atoms with E-state index in [-0.39, 0.29) is 54.3 Å². The fraction of sp³-hybridized carbons (Fsp3) is 0.931. The van der Waals surface area contributed by atoms with Gasteiger partial charge < -0.3 is 14.2 Å². The van der Waals surface area contributed by atoms with Crippen LogP contribution in [0.25, 0.3) is 0 Å². The molecule has 1 heterocycles. The fourth-order valence-electron chi connectivity index (χ4n) is 9.67. The van der Waals surface area contributed by atoms with Gasteiger partial charge in [0, 0.05) is 13.2 Å². The molecule has 0 radical (unpaired) electrons. The molecule has 0 aromatic carbocycles. The Kier molecular flexibility index (Phi) is 50.1. The number of carbonyl (C=O) groups excluding carboxylic acids is 1. The van der Waals surface area contributed by atoms with Gasteiger partial charge in [0.1, 0.15) is 6.10 Å². The monoisotopic (exact) mass is 1210 g/mol. The SMILES string of the molecule is CCCCCCCCCCCCCCCCCCOCC(COCCCCCCCCCCCCCCCCCC)OCC(=O)OCC(O)CN1CCN(CC(=O)O)CCN(CC(=O)O)[CH]([Gd])CN(CC(=O)O)CC1. The third-order valence-electron chi connectivity index (χ3n) is 14.3. The van der Waals surface area contributed by atoms with Crippen LogP contribution in [0.15, 0.2) is 0 Å². The van der Waals surface area contributed by atoms with Crippen molar-refractivity contribution in [3.05, 3.63) is 0 Å². The molecule has 17 heteroatoms. The fourth-order valence-corrected chi connectivity index (χ4v) is 10.8. The van der Waals surface area contributed by atoms with Crippen molar-refractivity contribution in [2.45, 2.75) is 233 Å². The molecule has 16 nitrogen and oxygen atoms in total. The number of β-amino-alcohol motifs (C(OH)–C–C–N with tert-alkyl or cyclic N) is 1. The number of rotatable bonds is 51. The number of unbranched alkanes of at least 4 members (excludes halogenated alkanes) is 30. The van der Waals surface area contributed by atoms with Crippen LogP contribution in [0.5, 0.6) is 0 Å². The molecule has 0 amide bonds. The van der Waals surface area contributed by atoms with Gasteiger partial charge in [-0.1, -0.05) is 206 Å². The van der Waals surface area contributed by atoms with E-state index in [9.17, 15) is 39.6 Å². The van der Waals surface area contributed by atoms with Crippen LogP contribution in [-0.2, 0) is 38.1 Å². The molecule has 75 heavy (non-hydrogen) atoms. The third kappa shape index (κ3) is 47.4. The summed E-state index contributed by atoms with van der Waals surface area (Å²) in [5.41, 5.74) is 0. The van der Waals surface area contributed by atoms with Crippen molar-refractivity contribution >= 4 is 23.9 Å². The van der Waals surface area contributed by atoms with E-state index in [4.69, 9.17) is 18.9 Å². The zero-order valence-electron chi connectivity index (χ0n) is 47.6. The second-order valence-corrected chi connectivity index (χ2v) is 22.9. The minimum absolute atomic E-state index is 0.0986. The number of esters is 1. The molecular weight excluding hydrogens is 1100 g/mol. The molecule has 2 atom stereocenters. The van der Waals surface area contributed by atoms with Crippen molar-refractivity contribution in [2.24, 2.45) is 0 Å². The molecule has 1 aliphatic heterocycles. The van der Waals surface area contributed by atoms with E-state index in [0.717, 1.165) is 25.7 Å². The normalized spacial score (nSPS) is 16.3. The summed E-state index contributed by atoms with van der Waals surface area (Å²) in [4.78, 5) is 55.3. The number of carboxylic acid groups (broad SMARTS) is 3. The average molecular weight is 1210 g/mol. The molecule has 0 aromatic heterocycles. The molecule has 0 aromatic rings. The summed E-state index contributed by atoms with van der Waals surface area (Å²) >= 11 is 1.58. The van der Waals surface area contributed by atoms with Gasteiger partial charge >= 0.3 is 219 Å². The number of aliphatic carboxylic acids is 3. The number of carbonyl (C=O) groups is 4. The maximum atomic E-state index is 13.0. The Morgan fingerprint density at radius 2 is 0.813 bits per heavy atom. The third-order valence-corrected chi connectivity index (χ3v) is 15.5. The van der Waals surface area contributed by atoms with Gasteiger partial charge in [0.15, 0.2) is 0 Å². The first-order valence-corrected chi connectivity index (χ1v) is 31.5. The molecule has 443 valence electrons. The Hall–Kier alpha value is -1.12. The van der Waals surface area contributed by atoms with Crippen LogP contribution < -0.4 is 0 Å². The van der Waals surface area contributed by atoms with Gasteiger partial charge in [-0.2, -0.15) is 0 Å². The first-order chi connectivity index (χ1) is 36.4. The van der Waals surface area contributed by atoms with Crippen molar-refractivity contribution in [3.8, 4) is 0 Å². The van der Waals surface area contributed by atoms with E-state index < -0.39 is 36.1 Å². The van der Waals surface area contributed by atoms with E-state index in [1.807, 2.05) is 4.90 Å². The Labute approximate surface area is 481 Å². The van der Waals surface area contributed by atoms with E-state index in [1.54, 1.807) is 52.6 Å². The van der Waals surface area contributed by atoms with Gasteiger partial charge in [-0.05, 0) is 12.8 Å². The standard InChI is InChI=1S/C58H111N4O12.Gd/c1-3-5-7-9-11-13-15-17-19-21-23-25-27-29-31-33-43-71-50-54(51-72-44-34-32-30-28-26-24-22-20-18-16-14-12-10-8-6-4-2)73-52-58(70)74-49-53(63)45-59-35-37-60(46-55(64)65)39-41-62(48-57(68)69)42-40-61(38-36-59)47-56(66)67;/h41,53-54,63H,3-40,42-52H2,1-2H3,(H,64,65)(H,66,67)(H,68,69);. The molecule has 0 bridgehead atoms. The number of nitrogens with zero attached hydrogens (tertiary/aromatic N) is 4. The van der Waals surface area contributed by atoms with Crippen LogP contribution in [0.1, 0.15) is 219 Å². The predicted octanol–water partition coefficient (Wildman–Crippen LogP) is 10.2. The van der Waals surface area contributed by atoms with Crippen LogP contribution in [0.2, 0.25) is 0 Å². The second kappa shape index (κ2) is 52.3. The molecule has 4 N–H and O–H groups in total. The van der Waals surface area contributed by atoms with Gasteiger partial charge in [0.2, 0.25) is 0 Å². The topological polar surface area (TPSA) is 199 Å². The quantitative estimate of drug-likeness (QED) is 0.0331. The van der Waals surface area contributed by atoms with Gasteiger partial charge in [0.05, 0.1) is 13.2 Å². The van der Waals surface area contributed by atoms with Gasteiger partial charge in [0.25, 0.3) is 0 Å². The summed E-state index contributed by atoms with van der Waals surface area (Å²) in [6.07, 6.45) is 40.4. The number of aliphatic hydroxyl groups excluding tert-OH is 1. The predicted molar refractivity (Wildman–Crippen MR) is 295 cm³/mol. The first-order valence-electron chi connectivity index (χ1n) is 30.2. The van der Waals surface area contributed by atoms with Crippen LogP contribution in [0, 0.1) is 37.9 Å². The molecule has 0 saturated carbocycles. The zero-order valence-corrected chi connectivity index (χ0v) is 49.8. The summed E-state index contributed by atoms with van der Waals surface area (Å²) in [7, 11) is 0. The van der Waals surface area contributed by atoms with Gasteiger partial charge in [-0.25, -0.2) is 0 Å². The molecule has 1 rings (SSSR count). The molecule has 2 unspecified atom stereocenters. The first kappa shape index (κ1) is 71.9. The van der Waals surface area contributed by atoms with Crippen LogP contribution in [-0.4, -0.2) is 190 Å². The summed E-state index contributed by atoms with van der Waals surface area (Å²) in [6, 6.07) is 0. The van der Waals surface area contributed by atoms with E-state index in [1.165, 1.54) is 180 Å². The Balaban J connectivity index is 2.58. The zero-order chi connectivity index (χ0) is 54.8. The molecule has 0 spiro atoms. The number of hydrogen-bond acceptors (Lipinski definition) is 13. The molecule has 1 saturated heterocycles. The maximum absolute atomic E-state index is 13.0. The molecule has 1 fully saturated rings. The summed E-state index contributed by atoms with van der Waals surface area (Å²) in [6.45, 7) is 7.33. The number of aliphatic hydroxyl groups is 1. The summed E-state index contributed by atoms with van der Waals surface area (Å²) in [5, 5.41) is 39.9. The number of ether oxygens (including phenoxy) is 4. The van der Waals surface area contributed by atoms with Crippen molar-refractivity contribution in [1.29, 1.82) is 0 Å². The molecule has 1 aliphatic rings. The van der Waals surface area contributed by atoms with Crippen LogP contribution >= 0.6 is 0 Å². The van der Waals surface area contributed by atoms with Crippen LogP contribution in [0.4, 0.5) is 0 Å². The Morgan fingerprint density at radius 1 is 0.467 bits per heavy atom. The number of hydrogen-bond donors (Lipinski definition) is 4. The second-order valence-electron chi connectivity index (χ2n) is 21.4. The van der Waals surface area contributed by atoms with Crippen molar-refractivity contribution in [2.75, 3.05) is 112 Å². The van der Waals surface area contributed by atoms with E-state index in [0.29, 0.717) is 59.2 Å². The Morgan fingerprint density at radius 3 is 1.21 bits per heavy atom. The van der Waals surface area contributed by atoms with Gasteiger partial charge in [-0.15, -0.1) is 0 Å². The average Bonchev–Trinajstić information content (AvgIpc) is 3.37. The Bertz CT molecular complexity index is 1320. The van der Waals surface area contributed by atoms with Crippen molar-refractivity contribution in [3.63, 3.8) is 0 Å². The molecular formula is C58H111GdN4O12. The minimum atomic E-state index is -1.07. The van der Waals surface area contributed by atoms with Crippen LogP contribution in [0.3, 0.4) is 0 Å². The van der Waals surface area contributed by atoms with Crippen molar-refractivity contribution in [1.82, 2.24) is 19.6 Å². The summed E-state index contributed by atoms with van der Waals surface area (Å²) < 4.78 is 23.3. The number of carboxylic acids is 3. The molecule has 0 aliphatic carbocycles. The van der Waals surface area contributed by atoms with E-state index >= 15 is 0 Å². The van der Waals surface area contributed by atoms with Gasteiger partial charge in [-0.3, -0.25) is 0 Å².